The number of benzene rings is 2. The topological polar surface area (TPSA) is 12.0 Å². The maximum absolute atomic E-state index is 5.42. The number of terminal acetylenes is 1. The lowest BCUT2D eigenvalue weighted by Gasteiger charge is -2.17. The summed E-state index contributed by atoms with van der Waals surface area (Å²) in [5.74, 6) is 2.66. The second-order valence-electron chi connectivity index (χ2n) is 4.93. The van der Waals surface area contributed by atoms with E-state index < -0.39 is 0 Å². The van der Waals surface area contributed by atoms with Gasteiger partial charge >= 0.3 is 0 Å². The standard InChI is InChI=1S/C18H19N/c1-5-16-7-6-8-18(12-16)19-15(4)17-10-9-13(2)14(3)11-17/h1,6-12,15,19H,2-4H3. The van der Waals surface area contributed by atoms with Gasteiger partial charge in [-0.1, -0.05) is 30.2 Å². The summed E-state index contributed by atoms with van der Waals surface area (Å²) in [4.78, 5) is 0. The number of hydrogen-bond donors (Lipinski definition) is 1. The van der Waals surface area contributed by atoms with Crippen LogP contribution < -0.4 is 5.32 Å². The normalized spacial score (nSPS) is 11.7. The average molecular weight is 249 g/mol. The van der Waals surface area contributed by atoms with Crippen LogP contribution >= 0.6 is 0 Å². The molecule has 0 aliphatic heterocycles. The molecule has 96 valence electrons. The second kappa shape index (κ2) is 5.63. The Hall–Kier alpha value is -2.20. The molecule has 2 aromatic carbocycles. The number of hydrogen-bond acceptors (Lipinski definition) is 1. The highest BCUT2D eigenvalue weighted by Gasteiger charge is 2.06. The Bertz CT molecular complexity index is 620. The van der Waals surface area contributed by atoms with Crippen LogP contribution in [0, 0.1) is 26.2 Å². The van der Waals surface area contributed by atoms with Crippen LogP contribution in [0.15, 0.2) is 42.5 Å². The summed E-state index contributed by atoms with van der Waals surface area (Å²) in [6.45, 7) is 6.44. The van der Waals surface area contributed by atoms with Gasteiger partial charge in [-0.05, 0) is 55.7 Å². The first kappa shape index (κ1) is 13.2. The zero-order valence-electron chi connectivity index (χ0n) is 11.7. The number of nitrogens with one attached hydrogen (secondary N) is 1. The van der Waals surface area contributed by atoms with Crippen LogP contribution in [0.3, 0.4) is 0 Å². The van der Waals surface area contributed by atoms with E-state index in [9.17, 15) is 0 Å². The summed E-state index contributed by atoms with van der Waals surface area (Å²) in [5.41, 5.74) is 5.89. The van der Waals surface area contributed by atoms with Crippen molar-refractivity contribution in [2.24, 2.45) is 0 Å². The third kappa shape index (κ3) is 3.17. The van der Waals surface area contributed by atoms with Gasteiger partial charge in [0.05, 0.1) is 0 Å². The molecule has 1 N–H and O–H groups in total. The molecule has 0 amide bonds. The Morgan fingerprint density at radius 1 is 1.05 bits per heavy atom. The van der Waals surface area contributed by atoms with Crippen LogP contribution in [-0.2, 0) is 0 Å². The molecule has 2 rings (SSSR count). The van der Waals surface area contributed by atoms with Gasteiger partial charge in [0.25, 0.3) is 0 Å². The number of rotatable bonds is 3. The Balaban J connectivity index is 2.18. The molecule has 0 saturated carbocycles. The van der Waals surface area contributed by atoms with Crippen molar-refractivity contribution in [3.05, 3.63) is 64.7 Å². The van der Waals surface area contributed by atoms with Crippen molar-refractivity contribution in [2.45, 2.75) is 26.8 Å². The lowest BCUT2D eigenvalue weighted by Crippen LogP contribution is -2.07. The summed E-state index contributed by atoms with van der Waals surface area (Å²) in [6.07, 6.45) is 5.42. The van der Waals surface area contributed by atoms with Crippen LogP contribution in [-0.4, -0.2) is 0 Å². The lowest BCUT2D eigenvalue weighted by atomic mass is 10.0. The molecule has 1 nitrogen and oxygen atoms in total. The van der Waals surface area contributed by atoms with Gasteiger partial charge in [0.15, 0.2) is 0 Å². The summed E-state index contributed by atoms with van der Waals surface area (Å²) in [6, 6.07) is 14.8. The Morgan fingerprint density at radius 2 is 1.84 bits per heavy atom. The van der Waals surface area contributed by atoms with E-state index in [-0.39, 0.29) is 6.04 Å². The van der Waals surface area contributed by atoms with Crippen molar-refractivity contribution in [2.75, 3.05) is 5.32 Å². The average Bonchev–Trinajstić information content (AvgIpc) is 2.42. The van der Waals surface area contributed by atoms with E-state index in [2.05, 4.69) is 50.2 Å². The predicted octanol–water partition coefficient (Wildman–Crippen LogP) is 4.46. The summed E-state index contributed by atoms with van der Waals surface area (Å²) >= 11 is 0. The summed E-state index contributed by atoms with van der Waals surface area (Å²) in [5, 5.41) is 3.48. The fourth-order valence-electron chi connectivity index (χ4n) is 2.07. The molecular weight excluding hydrogens is 230 g/mol. The van der Waals surface area contributed by atoms with Gasteiger partial charge in [0, 0.05) is 17.3 Å². The van der Waals surface area contributed by atoms with Crippen molar-refractivity contribution in [3.8, 4) is 12.3 Å². The minimum Gasteiger partial charge on any atom is -0.378 e. The van der Waals surface area contributed by atoms with Crippen LogP contribution in [0.25, 0.3) is 0 Å². The maximum Gasteiger partial charge on any atom is 0.0485 e. The monoisotopic (exact) mass is 249 g/mol. The summed E-state index contributed by atoms with van der Waals surface area (Å²) < 4.78 is 0. The Labute approximate surface area is 115 Å². The molecule has 19 heavy (non-hydrogen) atoms. The van der Waals surface area contributed by atoms with Crippen LogP contribution in [0.4, 0.5) is 5.69 Å². The summed E-state index contributed by atoms with van der Waals surface area (Å²) in [7, 11) is 0. The zero-order chi connectivity index (χ0) is 13.8. The largest absolute Gasteiger partial charge is 0.378 e. The fourth-order valence-corrected chi connectivity index (χ4v) is 2.07. The van der Waals surface area contributed by atoms with Gasteiger partial charge in [-0.15, -0.1) is 6.42 Å². The molecule has 1 unspecified atom stereocenters. The van der Waals surface area contributed by atoms with Crippen molar-refractivity contribution >= 4 is 5.69 Å². The Morgan fingerprint density at radius 3 is 2.53 bits per heavy atom. The van der Waals surface area contributed by atoms with Crippen molar-refractivity contribution < 1.29 is 0 Å². The lowest BCUT2D eigenvalue weighted by molar-refractivity contribution is 0.881. The van der Waals surface area contributed by atoms with Gasteiger partial charge in [-0.3, -0.25) is 0 Å². The quantitative estimate of drug-likeness (QED) is 0.792. The minimum absolute atomic E-state index is 0.257. The SMILES string of the molecule is C#Cc1cccc(NC(C)c2ccc(C)c(C)c2)c1. The Kier molecular flexibility index (Phi) is 3.92. The third-order valence-electron chi connectivity index (χ3n) is 3.44. The van der Waals surface area contributed by atoms with Gasteiger partial charge in [0.2, 0.25) is 0 Å². The fraction of sp³-hybridized carbons (Fsp3) is 0.222. The number of aryl methyl sites for hydroxylation is 2. The van der Waals surface area contributed by atoms with E-state index in [0.29, 0.717) is 0 Å². The first-order chi connectivity index (χ1) is 9.10. The molecular formula is C18H19N. The van der Waals surface area contributed by atoms with Crippen LogP contribution in [0.1, 0.15) is 35.2 Å². The third-order valence-corrected chi connectivity index (χ3v) is 3.44. The highest BCUT2D eigenvalue weighted by atomic mass is 14.9. The van der Waals surface area contributed by atoms with Gasteiger partial charge in [-0.2, -0.15) is 0 Å². The molecule has 1 heteroatoms. The zero-order valence-corrected chi connectivity index (χ0v) is 11.7. The molecule has 0 radical (unpaired) electrons. The van der Waals surface area contributed by atoms with E-state index in [0.717, 1.165) is 11.3 Å². The van der Waals surface area contributed by atoms with Crippen LogP contribution in [0.2, 0.25) is 0 Å². The van der Waals surface area contributed by atoms with E-state index in [1.807, 2.05) is 24.3 Å². The van der Waals surface area contributed by atoms with E-state index in [1.54, 1.807) is 0 Å². The van der Waals surface area contributed by atoms with E-state index in [1.165, 1.54) is 16.7 Å². The minimum atomic E-state index is 0.257. The van der Waals surface area contributed by atoms with Crippen molar-refractivity contribution in [1.82, 2.24) is 0 Å². The molecule has 0 aromatic heterocycles. The first-order valence-corrected chi connectivity index (χ1v) is 6.50. The first-order valence-electron chi connectivity index (χ1n) is 6.50. The smallest absolute Gasteiger partial charge is 0.0485 e. The number of anilines is 1. The molecule has 0 fully saturated rings. The van der Waals surface area contributed by atoms with Gasteiger partial charge in [0.1, 0.15) is 0 Å². The van der Waals surface area contributed by atoms with Crippen molar-refractivity contribution in [3.63, 3.8) is 0 Å². The molecule has 2 aromatic rings. The maximum atomic E-state index is 5.42. The molecule has 1 atom stereocenters. The molecule has 0 saturated heterocycles. The molecule has 0 aliphatic rings. The highest BCUT2D eigenvalue weighted by Crippen LogP contribution is 2.21. The molecule has 0 heterocycles. The van der Waals surface area contributed by atoms with Gasteiger partial charge < -0.3 is 5.32 Å². The van der Waals surface area contributed by atoms with E-state index >= 15 is 0 Å². The van der Waals surface area contributed by atoms with Gasteiger partial charge in [-0.25, -0.2) is 0 Å². The second-order valence-corrected chi connectivity index (χ2v) is 4.93. The van der Waals surface area contributed by atoms with E-state index in [4.69, 9.17) is 6.42 Å². The predicted molar refractivity (Wildman–Crippen MR) is 82.3 cm³/mol. The highest BCUT2D eigenvalue weighted by molar-refractivity contribution is 5.51. The molecule has 0 spiro atoms. The van der Waals surface area contributed by atoms with Crippen LogP contribution in [0.5, 0.6) is 0 Å². The van der Waals surface area contributed by atoms with Crippen molar-refractivity contribution in [1.29, 1.82) is 0 Å². The molecule has 0 bridgehead atoms. The molecule has 0 aliphatic carbocycles.